The summed E-state index contributed by atoms with van der Waals surface area (Å²) in [7, 11) is 0. The summed E-state index contributed by atoms with van der Waals surface area (Å²) in [5, 5.41) is 12.0. The molecule has 1 aliphatic heterocycles. The van der Waals surface area contributed by atoms with Crippen molar-refractivity contribution in [2.75, 3.05) is 26.3 Å². The van der Waals surface area contributed by atoms with Crippen LogP contribution in [0.5, 0.6) is 0 Å². The van der Waals surface area contributed by atoms with E-state index < -0.39 is 0 Å². The fourth-order valence-electron chi connectivity index (χ4n) is 1.41. The van der Waals surface area contributed by atoms with Gasteiger partial charge in [0.2, 0.25) is 0 Å². The predicted molar refractivity (Wildman–Crippen MR) is 49.9 cm³/mol. The summed E-state index contributed by atoms with van der Waals surface area (Å²) in [4.78, 5) is 11.1. The van der Waals surface area contributed by atoms with E-state index >= 15 is 0 Å². The molecule has 0 radical (unpaired) electrons. The van der Waals surface area contributed by atoms with Gasteiger partial charge >= 0.3 is 5.97 Å². The van der Waals surface area contributed by atoms with Crippen molar-refractivity contribution in [1.82, 2.24) is 5.32 Å². The Morgan fingerprint density at radius 1 is 1.57 bits per heavy atom. The molecule has 0 spiro atoms. The number of esters is 1. The molecule has 1 saturated heterocycles. The highest BCUT2D eigenvalue weighted by molar-refractivity contribution is 5.69. The van der Waals surface area contributed by atoms with E-state index in [2.05, 4.69) is 5.32 Å². The van der Waals surface area contributed by atoms with Crippen LogP contribution in [0.25, 0.3) is 0 Å². The molecule has 2 N–H and O–H groups in total. The molecule has 0 aromatic rings. The fourth-order valence-corrected chi connectivity index (χ4v) is 1.41. The molecule has 2 atom stereocenters. The Morgan fingerprint density at radius 3 is 2.93 bits per heavy atom. The Balaban J connectivity index is 2.26. The number of aliphatic hydroxyl groups is 1. The van der Waals surface area contributed by atoms with E-state index in [0.717, 1.165) is 0 Å². The van der Waals surface area contributed by atoms with Gasteiger partial charge in [-0.05, 0) is 6.92 Å². The van der Waals surface area contributed by atoms with Crippen LogP contribution in [-0.2, 0) is 14.3 Å². The molecule has 5 heteroatoms. The number of hydrogen-bond donors (Lipinski definition) is 2. The third-order valence-electron chi connectivity index (χ3n) is 2.03. The van der Waals surface area contributed by atoms with Crippen molar-refractivity contribution >= 4 is 5.97 Å². The summed E-state index contributed by atoms with van der Waals surface area (Å²) < 4.78 is 10.2. The van der Waals surface area contributed by atoms with Gasteiger partial charge in [-0.25, -0.2) is 0 Å². The largest absolute Gasteiger partial charge is 0.466 e. The fraction of sp³-hybridized carbons (Fsp3) is 0.889. The predicted octanol–water partition coefficient (Wildman–Crippen LogP) is -0.711. The lowest BCUT2D eigenvalue weighted by Crippen LogP contribution is -2.47. The minimum absolute atomic E-state index is 0.0215. The zero-order valence-corrected chi connectivity index (χ0v) is 8.36. The van der Waals surface area contributed by atoms with Crippen LogP contribution in [-0.4, -0.2) is 49.6 Å². The van der Waals surface area contributed by atoms with E-state index in [9.17, 15) is 4.79 Å². The topological polar surface area (TPSA) is 67.8 Å². The maximum absolute atomic E-state index is 11.1. The van der Waals surface area contributed by atoms with Crippen molar-refractivity contribution in [3.8, 4) is 0 Å². The van der Waals surface area contributed by atoms with Gasteiger partial charge in [-0.2, -0.15) is 0 Å². The number of carbonyl (C=O) groups excluding carboxylic acids is 1. The Bertz CT molecular complexity index is 186. The van der Waals surface area contributed by atoms with Crippen molar-refractivity contribution < 1.29 is 19.4 Å². The maximum Gasteiger partial charge on any atom is 0.308 e. The molecule has 0 bridgehead atoms. The van der Waals surface area contributed by atoms with Gasteiger partial charge in [-0.15, -0.1) is 0 Å². The van der Waals surface area contributed by atoms with Gasteiger partial charge in [0.15, 0.2) is 0 Å². The second kappa shape index (κ2) is 5.95. The van der Waals surface area contributed by atoms with Crippen LogP contribution in [0.15, 0.2) is 0 Å². The molecule has 1 fully saturated rings. The number of carbonyl (C=O) groups is 1. The average Bonchev–Trinajstić information content (AvgIpc) is 2.18. The maximum atomic E-state index is 11.1. The Labute approximate surface area is 83.4 Å². The summed E-state index contributed by atoms with van der Waals surface area (Å²) in [6.07, 6.45) is -0.139. The molecule has 0 saturated carbocycles. The molecular formula is C9H17NO4. The first kappa shape index (κ1) is 11.4. The van der Waals surface area contributed by atoms with E-state index in [-0.39, 0.29) is 31.2 Å². The minimum Gasteiger partial charge on any atom is -0.466 e. The molecule has 1 heterocycles. The van der Waals surface area contributed by atoms with Gasteiger partial charge in [0.1, 0.15) is 0 Å². The number of morpholine rings is 1. The average molecular weight is 203 g/mol. The SMILES string of the molecule is CCOC(=O)CC1CNCC(CO)O1. The smallest absolute Gasteiger partial charge is 0.308 e. The van der Waals surface area contributed by atoms with E-state index in [1.807, 2.05) is 0 Å². The Kier molecular flexibility index (Phi) is 4.86. The van der Waals surface area contributed by atoms with E-state index in [0.29, 0.717) is 19.7 Å². The first-order chi connectivity index (χ1) is 6.76. The number of rotatable bonds is 4. The standard InChI is InChI=1S/C9H17NO4/c1-2-13-9(12)3-7-4-10-5-8(6-11)14-7/h7-8,10-11H,2-6H2,1H3. The minimum atomic E-state index is -0.252. The van der Waals surface area contributed by atoms with Crippen LogP contribution >= 0.6 is 0 Å². The lowest BCUT2D eigenvalue weighted by molar-refractivity contribution is -0.149. The van der Waals surface area contributed by atoms with Crippen LogP contribution in [0.3, 0.4) is 0 Å². The quantitative estimate of drug-likeness (QED) is 0.591. The molecule has 5 nitrogen and oxygen atoms in total. The third-order valence-corrected chi connectivity index (χ3v) is 2.03. The van der Waals surface area contributed by atoms with Crippen LogP contribution in [0.2, 0.25) is 0 Å². The molecule has 2 unspecified atom stereocenters. The van der Waals surface area contributed by atoms with E-state index in [1.165, 1.54) is 0 Å². The summed E-state index contributed by atoms with van der Waals surface area (Å²) >= 11 is 0. The van der Waals surface area contributed by atoms with Gasteiger partial charge in [0, 0.05) is 13.1 Å². The molecule has 0 aromatic carbocycles. The van der Waals surface area contributed by atoms with Gasteiger partial charge in [0.25, 0.3) is 0 Å². The van der Waals surface area contributed by atoms with E-state index in [4.69, 9.17) is 14.6 Å². The molecule has 82 valence electrons. The normalized spacial score (nSPS) is 27.3. The van der Waals surface area contributed by atoms with Crippen molar-refractivity contribution in [2.24, 2.45) is 0 Å². The van der Waals surface area contributed by atoms with Crippen molar-refractivity contribution in [3.05, 3.63) is 0 Å². The molecular weight excluding hydrogens is 186 g/mol. The van der Waals surface area contributed by atoms with Crippen molar-refractivity contribution in [3.63, 3.8) is 0 Å². The zero-order valence-electron chi connectivity index (χ0n) is 8.36. The van der Waals surface area contributed by atoms with Gasteiger partial charge in [-0.3, -0.25) is 4.79 Å². The highest BCUT2D eigenvalue weighted by Crippen LogP contribution is 2.07. The second-order valence-corrected chi connectivity index (χ2v) is 3.23. The van der Waals surface area contributed by atoms with Gasteiger partial charge in [0.05, 0.1) is 31.8 Å². The van der Waals surface area contributed by atoms with Crippen LogP contribution < -0.4 is 5.32 Å². The first-order valence-corrected chi connectivity index (χ1v) is 4.89. The molecule has 0 amide bonds. The summed E-state index contributed by atoms with van der Waals surface area (Å²) in [5.74, 6) is -0.252. The third kappa shape index (κ3) is 3.61. The number of nitrogens with one attached hydrogen (secondary N) is 1. The van der Waals surface area contributed by atoms with Crippen LogP contribution in [0.4, 0.5) is 0 Å². The number of ether oxygens (including phenoxy) is 2. The van der Waals surface area contributed by atoms with E-state index in [1.54, 1.807) is 6.92 Å². The first-order valence-electron chi connectivity index (χ1n) is 4.89. The summed E-state index contributed by atoms with van der Waals surface area (Å²) in [5.41, 5.74) is 0. The molecule has 0 aromatic heterocycles. The van der Waals surface area contributed by atoms with Gasteiger partial charge < -0.3 is 19.9 Å². The molecule has 1 aliphatic rings. The van der Waals surface area contributed by atoms with Crippen molar-refractivity contribution in [2.45, 2.75) is 25.6 Å². The summed E-state index contributed by atoms with van der Waals surface area (Å²) in [6.45, 7) is 3.41. The monoisotopic (exact) mass is 203 g/mol. The highest BCUT2D eigenvalue weighted by atomic mass is 16.5. The van der Waals surface area contributed by atoms with Crippen molar-refractivity contribution in [1.29, 1.82) is 0 Å². The van der Waals surface area contributed by atoms with Crippen LogP contribution in [0, 0.1) is 0 Å². The lowest BCUT2D eigenvalue weighted by Gasteiger charge is -2.29. The number of hydrogen-bond acceptors (Lipinski definition) is 5. The van der Waals surface area contributed by atoms with Crippen LogP contribution in [0.1, 0.15) is 13.3 Å². The van der Waals surface area contributed by atoms with Gasteiger partial charge in [-0.1, -0.05) is 0 Å². The Morgan fingerprint density at radius 2 is 2.29 bits per heavy atom. The molecule has 1 rings (SSSR count). The lowest BCUT2D eigenvalue weighted by atomic mass is 10.2. The molecule has 14 heavy (non-hydrogen) atoms. The summed E-state index contributed by atoms with van der Waals surface area (Å²) in [6, 6.07) is 0. The highest BCUT2D eigenvalue weighted by Gasteiger charge is 2.23. The second-order valence-electron chi connectivity index (χ2n) is 3.23. The number of aliphatic hydroxyl groups excluding tert-OH is 1. The molecule has 0 aliphatic carbocycles. The zero-order chi connectivity index (χ0) is 10.4. The Hall–Kier alpha value is -0.650.